The van der Waals surface area contributed by atoms with E-state index < -0.39 is 17.9 Å². The molecular weight excluding hydrogens is 290 g/mol. The molecule has 0 aromatic carbocycles. The van der Waals surface area contributed by atoms with Crippen LogP contribution in [0.5, 0.6) is 0 Å². The van der Waals surface area contributed by atoms with Crippen LogP contribution in [0, 0.1) is 5.92 Å². The van der Waals surface area contributed by atoms with E-state index in [1.54, 1.807) is 12.1 Å². The quantitative estimate of drug-likeness (QED) is 0.892. The van der Waals surface area contributed by atoms with Crippen molar-refractivity contribution in [1.82, 2.24) is 5.32 Å². The molecule has 2 rings (SSSR count). The van der Waals surface area contributed by atoms with Gasteiger partial charge in [-0.15, -0.1) is 11.3 Å². The summed E-state index contributed by atoms with van der Waals surface area (Å²) in [4.78, 5) is 23.6. The van der Waals surface area contributed by atoms with Crippen molar-refractivity contribution < 1.29 is 19.4 Å². The lowest BCUT2D eigenvalue weighted by atomic mass is 9.93. The summed E-state index contributed by atoms with van der Waals surface area (Å²) in [5.74, 6) is -1.63. The van der Waals surface area contributed by atoms with E-state index in [1.165, 1.54) is 0 Å². The number of amides is 1. The molecule has 1 fully saturated rings. The van der Waals surface area contributed by atoms with Crippen molar-refractivity contribution in [3.05, 3.63) is 21.3 Å². The molecule has 0 aliphatic carbocycles. The van der Waals surface area contributed by atoms with Crippen LogP contribution in [0.3, 0.4) is 0 Å². The second-order valence-corrected chi connectivity index (χ2v) is 6.09. The second-order valence-electron chi connectivity index (χ2n) is 4.37. The summed E-state index contributed by atoms with van der Waals surface area (Å²) in [5, 5.41) is 11.8. The summed E-state index contributed by atoms with van der Waals surface area (Å²) in [7, 11) is 0. The summed E-state index contributed by atoms with van der Waals surface area (Å²) in [5.41, 5.74) is 0. The van der Waals surface area contributed by atoms with E-state index in [1.807, 2.05) is 0 Å². The third kappa shape index (κ3) is 3.68. The molecule has 2 heterocycles. The highest BCUT2D eigenvalue weighted by molar-refractivity contribution is 7.18. The number of ether oxygens (including phenoxy) is 1. The van der Waals surface area contributed by atoms with Crippen LogP contribution in [0.15, 0.2) is 12.1 Å². The van der Waals surface area contributed by atoms with Crippen LogP contribution in [0.4, 0.5) is 0 Å². The molecule has 104 valence electrons. The maximum atomic E-state index is 12.0. The van der Waals surface area contributed by atoms with Crippen molar-refractivity contribution in [3.8, 4) is 0 Å². The smallest absolute Gasteiger partial charge is 0.326 e. The molecule has 19 heavy (non-hydrogen) atoms. The first-order valence-electron chi connectivity index (χ1n) is 5.94. The predicted octanol–water partition coefficient (Wildman–Crippen LogP) is 2.01. The Bertz CT molecular complexity index is 470. The summed E-state index contributed by atoms with van der Waals surface area (Å²) in [6, 6.07) is 2.27. The fraction of sp³-hybridized carbons (Fsp3) is 0.500. The summed E-state index contributed by atoms with van der Waals surface area (Å²) < 4.78 is 5.77. The summed E-state index contributed by atoms with van der Waals surface area (Å²) >= 11 is 6.88. The van der Waals surface area contributed by atoms with Crippen molar-refractivity contribution in [2.75, 3.05) is 13.2 Å². The topological polar surface area (TPSA) is 75.6 Å². The van der Waals surface area contributed by atoms with E-state index in [0.717, 1.165) is 24.2 Å². The molecule has 1 aliphatic rings. The number of aliphatic carboxylic acids is 1. The standard InChI is InChI=1S/C12H14ClNO4S/c13-9-4-3-8(19-9)11(15)14-10(12(16)17)7-2-1-5-18-6-7/h3-4,7,10H,1-2,5-6H2,(H,14,15)(H,16,17). The van der Waals surface area contributed by atoms with E-state index in [2.05, 4.69) is 5.32 Å². The van der Waals surface area contributed by atoms with E-state index in [9.17, 15) is 14.7 Å². The van der Waals surface area contributed by atoms with Crippen molar-refractivity contribution in [3.63, 3.8) is 0 Å². The highest BCUT2D eigenvalue weighted by Gasteiger charge is 2.31. The average molecular weight is 304 g/mol. The van der Waals surface area contributed by atoms with Gasteiger partial charge in [-0.05, 0) is 25.0 Å². The maximum Gasteiger partial charge on any atom is 0.326 e. The van der Waals surface area contributed by atoms with Gasteiger partial charge in [-0.3, -0.25) is 4.79 Å². The molecule has 1 aliphatic heterocycles. The Balaban J connectivity index is 2.04. The zero-order valence-electron chi connectivity index (χ0n) is 10.1. The Morgan fingerprint density at radius 3 is 2.84 bits per heavy atom. The Morgan fingerprint density at radius 2 is 2.32 bits per heavy atom. The van der Waals surface area contributed by atoms with Crippen LogP contribution in [0.2, 0.25) is 4.34 Å². The van der Waals surface area contributed by atoms with Crippen LogP contribution in [0.1, 0.15) is 22.5 Å². The summed E-state index contributed by atoms with van der Waals surface area (Å²) in [6.07, 6.45) is 1.55. The van der Waals surface area contributed by atoms with Gasteiger partial charge in [0.05, 0.1) is 15.8 Å². The van der Waals surface area contributed by atoms with Crippen LogP contribution >= 0.6 is 22.9 Å². The lowest BCUT2D eigenvalue weighted by Crippen LogP contribution is -2.48. The van der Waals surface area contributed by atoms with Gasteiger partial charge in [0.1, 0.15) is 6.04 Å². The zero-order chi connectivity index (χ0) is 13.8. The van der Waals surface area contributed by atoms with E-state index in [-0.39, 0.29) is 5.92 Å². The Kier molecular flexibility index (Phi) is 4.79. The van der Waals surface area contributed by atoms with Gasteiger partial charge < -0.3 is 15.2 Å². The molecule has 0 spiro atoms. The minimum atomic E-state index is -1.04. The van der Waals surface area contributed by atoms with Crippen LogP contribution in [-0.2, 0) is 9.53 Å². The van der Waals surface area contributed by atoms with Crippen LogP contribution in [0.25, 0.3) is 0 Å². The fourth-order valence-corrected chi connectivity index (χ4v) is 3.00. The van der Waals surface area contributed by atoms with E-state index in [0.29, 0.717) is 22.4 Å². The van der Waals surface area contributed by atoms with Crippen molar-refractivity contribution in [2.45, 2.75) is 18.9 Å². The molecule has 0 radical (unpaired) electrons. The number of hydrogen-bond donors (Lipinski definition) is 2. The Labute approximate surface area is 119 Å². The molecule has 0 bridgehead atoms. The number of carboxylic acid groups (broad SMARTS) is 1. The minimum Gasteiger partial charge on any atom is -0.480 e. The molecule has 2 atom stereocenters. The van der Waals surface area contributed by atoms with Gasteiger partial charge in [-0.25, -0.2) is 4.79 Å². The predicted molar refractivity (Wildman–Crippen MR) is 71.8 cm³/mol. The zero-order valence-corrected chi connectivity index (χ0v) is 11.7. The molecule has 1 saturated heterocycles. The average Bonchev–Trinajstić information content (AvgIpc) is 2.83. The number of carboxylic acids is 1. The maximum absolute atomic E-state index is 12.0. The Hall–Kier alpha value is -1.11. The molecule has 7 heteroatoms. The highest BCUT2D eigenvalue weighted by Crippen LogP contribution is 2.22. The van der Waals surface area contributed by atoms with E-state index in [4.69, 9.17) is 16.3 Å². The lowest BCUT2D eigenvalue weighted by Gasteiger charge is -2.27. The molecule has 1 aromatic rings. The third-order valence-electron chi connectivity index (χ3n) is 3.02. The van der Waals surface area contributed by atoms with Gasteiger partial charge in [-0.2, -0.15) is 0 Å². The minimum absolute atomic E-state index is 0.189. The first-order chi connectivity index (χ1) is 9.08. The molecular formula is C12H14ClNO4S. The SMILES string of the molecule is O=C(NC(C(=O)O)C1CCCOC1)c1ccc(Cl)s1. The first-order valence-corrected chi connectivity index (χ1v) is 7.14. The van der Waals surface area contributed by atoms with Gasteiger partial charge in [0.15, 0.2) is 0 Å². The van der Waals surface area contributed by atoms with Crippen molar-refractivity contribution >= 4 is 34.8 Å². The number of nitrogens with one attached hydrogen (secondary N) is 1. The van der Waals surface area contributed by atoms with Gasteiger partial charge >= 0.3 is 5.97 Å². The largest absolute Gasteiger partial charge is 0.480 e. The normalized spacial score (nSPS) is 20.8. The van der Waals surface area contributed by atoms with Gasteiger partial charge in [0.2, 0.25) is 0 Å². The molecule has 1 aromatic heterocycles. The lowest BCUT2D eigenvalue weighted by molar-refractivity contribution is -0.142. The van der Waals surface area contributed by atoms with Gasteiger partial charge in [-0.1, -0.05) is 11.6 Å². The molecule has 5 nitrogen and oxygen atoms in total. The van der Waals surface area contributed by atoms with Gasteiger partial charge in [0.25, 0.3) is 5.91 Å². The monoisotopic (exact) mass is 303 g/mol. The first kappa shape index (κ1) is 14.3. The molecule has 1 amide bonds. The third-order valence-corrected chi connectivity index (χ3v) is 4.25. The highest BCUT2D eigenvalue weighted by atomic mass is 35.5. The number of rotatable bonds is 4. The number of hydrogen-bond acceptors (Lipinski definition) is 4. The molecule has 2 N–H and O–H groups in total. The second kappa shape index (κ2) is 6.36. The number of halogens is 1. The van der Waals surface area contributed by atoms with E-state index >= 15 is 0 Å². The number of carbonyl (C=O) groups is 2. The van der Waals surface area contributed by atoms with Crippen molar-refractivity contribution in [2.24, 2.45) is 5.92 Å². The Morgan fingerprint density at radius 1 is 1.53 bits per heavy atom. The molecule has 2 unspecified atom stereocenters. The van der Waals surface area contributed by atoms with Gasteiger partial charge in [0, 0.05) is 12.5 Å². The van der Waals surface area contributed by atoms with Crippen LogP contribution < -0.4 is 5.32 Å². The van der Waals surface area contributed by atoms with Crippen molar-refractivity contribution in [1.29, 1.82) is 0 Å². The number of thiophene rings is 1. The van der Waals surface area contributed by atoms with Crippen LogP contribution in [-0.4, -0.2) is 36.2 Å². The summed E-state index contributed by atoms with van der Waals surface area (Å²) in [6.45, 7) is 1.01. The number of carbonyl (C=O) groups excluding carboxylic acids is 1. The molecule has 0 saturated carbocycles. The fourth-order valence-electron chi connectivity index (χ4n) is 2.06.